The number of hydrogen-bond donors (Lipinski definition) is 1. The molecule has 1 atom stereocenters. The van der Waals surface area contributed by atoms with Gasteiger partial charge in [-0.05, 0) is 37.4 Å². The van der Waals surface area contributed by atoms with Crippen LogP contribution in [-0.4, -0.2) is 25.7 Å². The molecule has 1 aromatic rings. The third kappa shape index (κ3) is 3.01. The third-order valence-electron chi connectivity index (χ3n) is 3.63. The van der Waals surface area contributed by atoms with Gasteiger partial charge in [0.2, 0.25) is 0 Å². The van der Waals surface area contributed by atoms with Crippen LogP contribution >= 0.6 is 0 Å². The normalized spacial score (nSPS) is 20.6. The number of anilines is 1. The molecular formula is C15H24N2. The zero-order valence-corrected chi connectivity index (χ0v) is 11.1. The van der Waals surface area contributed by atoms with Crippen LogP contribution in [-0.2, 0) is 6.42 Å². The van der Waals surface area contributed by atoms with E-state index < -0.39 is 0 Å². The van der Waals surface area contributed by atoms with E-state index in [0.717, 1.165) is 19.5 Å². The average molecular weight is 232 g/mol. The smallest absolute Gasteiger partial charge is 0.0399 e. The van der Waals surface area contributed by atoms with Crippen LogP contribution in [0, 0.1) is 0 Å². The SMILES string of the molecule is CCNC1CCCN(c2ccccc2CC)C1. The summed E-state index contributed by atoms with van der Waals surface area (Å²) in [5, 5.41) is 3.58. The second kappa shape index (κ2) is 6.06. The minimum atomic E-state index is 0.665. The monoisotopic (exact) mass is 232 g/mol. The predicted octanol–water partition coefficient (Wildman–Crippen LogP) is 2.83. The maximum absolute atomic E-state index is 3.58. The molecule has 0 radical (unpaired) electrons. The van der Waals surface area contributed by atoms with Crippen molar-refractivity contribution in [3.63, 3.8) is 0 Å². The highest BCUT2D eigenvalue weighted by molar-refractivity contribution is 5.54. The van der Waals surface area contributed by atoms with Gasteiger partial charge in [0, 0.05) is 24.8 Å². The minimum Gasteiger partial charge on any atom is -0.370 e. The van der Waals surface area contributed by atoms with Crippen molar-refractivity contribution in [2.75, 3.05) is 24.5 Å². The summed E-state index contributed by atoms with van der Waals surface area (Å²) in [5.74, 6) is 0. The second-order valence-corrected chi connectivity index (χ2v) is 4.83. The van der Waals surface area contributed by atoms with Gasteiger partial charge in [-0.3, -0.25) is 0 Å². The number of nitrogens with one attached hydrogen (secondary N) is 1. The fourth-order valence-corrected chi connectivity index (χ4v) is 2.77. The van der Waals surface area contributed by atoms with E-state index in [4.69, 9.17) is 0 Å². The summed E-state index contributed by atoms with van der Waals surface area (Å²) < 4.78 is 0. The van der Waals surface area contributed by atoms with Gasteiger partial charge in [-0.1, -0.05) is 32.0 Å². The molecule has 2 rings (SSSR count). The lowest BCUT2D eigenvalue weighted by atomic mass is 10.0. The topological polar surface area (TPSA) is 15.3 Å². The van der Waals surface area contributed by atoms with Gasteiger partial charge < -0.3 is 10.2 Å². The third-order valence-corrected chi connectivity index (χ3v) is 3.63. The molecule has 1 N–H and O–H groups in total. The van der Waals surface area contributed by atoms with Crippen molar-refractivity contribution in [2.24, 2.45) is 0 Å². The van der Waals surface area contributed by atoms with Crippen molar-refractivity contribution in [1.29, 1.82) is 0 Å². The van der Waals surface area contributed by atoms with Crippen molar-refractivity contribution in [3.8, 4) is 0 Å². The second-order valence-electron chi connectivity index (χ2n) is 4.83. The first-order chi connectivity index (χ1) is 8.35. The molecule has 1 saturated heterocycles. The van der Waals surface area contributed by atoms with E-state index in [1.807, 2.05) is 0 Å². The molecule has 94 valence electrons. The Kier molecular flexibility index (Phi) is 4.43. The van der Waals surface area contributed by atoms with Crippen molar-refractivity contribution in [2.45, 2.75) is 39.2 Å². The fraction of sp³-hybridized carbons (Fsp3) is 0.600. The predicted molar refractivity (Wildman–Crippen MR) is 74.7 cm³/mol. The van der Waals surface area contributed by atoms with Crippen LogP contribution in [0.2, 0.25) is 0 Å². The first-order valence-electron chi connectivity index (χ1n) is 6.91. The zero-order chi connectivity index (χ0) is 12.1. The molecule has 2 nitrogen and oxygen atoms in total. The number of para-hydroxylation sites is 1. The van der Waals surface area contributed by atoms with Crippen LogP contribution in [0.3, 0.4) is 0 Å². The molecule has 1 aliphatic heterocycles. The van der Waals surface area contributed by atoms with Gasteiger partial charge in [-0.25, -0.2) is 0 Å². The Morgan fingerprint density at radius 2 is 2.12 bits per heavy atom. The van der Waals surface area contributed by atoms with Gasteiger partial charge >= 0.3 is 0 Å². The van der Waals surface area contributed by atoms with Crippen molar-refractivity contribution < 1.29 is 0 Å². The molecule has 0 aliphatic carbocycles. The van der Waals surface area contributed by atoms with Crippen LogP contribution in [0.1, 0.15) is 32.3 Å². The van der Waals surface area contributed by atoms with Crippen LogP contribution in [0.5, 0.6) is 0 Å². The highest BCUT2D eigenvalue weighted by Gasteiger charge is 2.20. The van der Waals surface area contributed by atoms with Crippen molar-refractivity contribution >= 4 is 5.69 Å². The van der Waals surface area contributed by atoms with E-state index in [-0.39, 0.29) is 0 Å². The lowest BCUT2D eigenvalue weighted by Crippen LogP contribution is -2.46. The maximum Gasteiger partial charge on any atom is 0.0399 e. The van der Waals surface area contributed by atoms with Gasteiger partial charge in [0.05, 0.1) is 0 Å². The summed E-state index contributed by atoms with van der Waals surface area (Å²) in [7, 11) is 0. The van der Waals surface area contributed by atoms with E-state index in [1.54, 1.807) is 0 Å². The lowest BCUT2D eigenvalue weighted by molar-refractivity contribution is 0.431. The van der Waals surface area contributed by atoms with Gasteiger partial charge in [-0.2, -0.15) is 0 Å². The highest BCUT2D eigenvalue weighted by Crippen LogP contribution is 2.24. The highest BCUT2D eigenvalue weighted by atomic mass is 15.2. The Morgan fingerprint density at radius 1 is 1.29 bits per heavy atom. The quantitative estimate of drug-likeness (QED) is 0.858. The molecule has 17 heavy (non-hydrogen) atoms. The van der Waals surface area contributed by atoms with Crippen LogP contribution in [0.4, 0.5) is 5.69 Å². The number of piperidine rings is 1. The largest absolute Gasteiger partial charge is 0.370 e. The molecule has 0 aromatic heterocycles. The fourth-order valence-electron chi connectivity index (χ4n) is 2.77. The molecule has 0 amide bonds. The summed E-state index contributed by atoms with van der Waals surface area (Å²) in [6.45, 7) is 7.88. The number of nitrogens with zero attached hydrogens (tertiary/aromatic N) is 1. The van der Waals surface area contributed by atoms with Crippen molar-refractivity contribution in [1.82, 2.24) is 5.32 Å². The Bertz CT molecular complexity index is 347. The maximum atomic E-state index is 3.58. The lowest BCUT2D eigenvalue weighted by Gasteiger charge is -2.35. The minimum absolute atomic E-state index is 0.665. The molecule has 1 aromatic carbocycles. The van der Waals surface area contributed by atoms with E-state index >= 15 is 0 Å². The molecular weight excluding hydrogens is 208 g/mol. The molecule has 2 heteroatoms. The van der Waals surface area contributed by atoms with Crippen molar-refractivity contribution in [3.05, 3.63) is 29.8 Å². The number of likely N-dealkylation sites (N-methyl/N-ethyl adjacent to an activating group) is 1. The average Bonchev–Trinajstić information content (AvgIpc) is 2.39. The summed E-state index contributed by atoms with van der Waals surface area (Å²) in [6.07, 6.45) is 3.74. The number of aryl methyl sites for hydroxylation is 1. The van der Waals surface area contributed by atoms with E-state index in [2.05, 4.69) is 48.3 Å². The summed E-state index contributed by atoms with van der Waals surface area (Å²) in [6, 6.07) is 9.50. The van der Waals surface area contributed by atoms with Gasteiger partial charge in [-0.15, -0.1) is 0 Å². The molecule has 0 bridgehead atoms. The summed E-state index contributed by atoms with van der Waals surface area (Å²) in [5.41, 5.74) is 2.92. The first-order valence-corrected chi connectivity index (χ1v) is 6.91. The Balaban J connectivity index is 2.10. The van der Waals surface area contributed by atoms with Gasteiger partial charge in [0.1, 0.15) is 0 Å². The Hall–Kier alpha value is -1.02. The Labute approximate surface area is 105 Å². The molecule has 1 aliphatic rings. The standard InChI is InChI=1S/C15H24N2/c1-3-13-8-5-6-10-15(13)17-11-7-9-14(12-17)16-4-2/h5-6,8,10,14,16H,3-4,7,9,11-12H2,1-2H3. The first kappa shape index (κ1) is 12.4. The molecule has 0 spiro atoms. The van der Waals surface area contributed by atoms with Gasteiger partial charge in [0.15, 0.2) is 0 Å². The molecule has 0 saturated carbocycles. The summed E-state index contributed by atoms with van der Waals surface area (Å²) in [4.78, 5) is 2.55. The van der Waals surface area contributed by atoms with Crippen LogP contribution in [0.15, 0.2) is 24.3 Å². The van der Waals surface area contributed by atoms with Gasteiger partial charge in [0.25, 0.3) is 0 Å². The van der Waals surface area contributed by atoms with E-state index in [1.165, 1.54) is 30.6 Å². The Morgan fingerprint density at radius 3 is 2.88 bits per heavy atom. The van der Waals surface area contributed by atoms with Crippen LogP contribution in [0.25, 0.3) is 0 Å². The number of hydrogen-bond acceptors (Lipinski definition) is 2. The van der Waals surface area contributed by atoms with E-state index in [9.17, 15) is 0 Å². The summed E-state index contributed by atoms with van der Waals surface area (Å²) >= 11 is 0. The number of benzene rings is 1. The van der Waals surface area contributed by atoms with Crippen LogP contribution < -0.4 is 10.2 Å². The molecule has 1 heterocycles. The zero-order valence-electron chi connectivity index (χ0n) is 11.1. The van der Waals surface area contributed by atoms with E-state index in [0.29, 0.717) is 6.04 Å². The molecule has 1 fully saturated rings. The number of rotatable bonds is 4. The molecule has 1 unspecified atom stereocenters.